The van der Waals surface area contributed by atoms with Gasteiger partial charge in [-0.3, -0.25) is 9.59 Å². The Morgan fingerprint density at radius 3 is 2.21 bits per heavy atom. The number of carbonyl (C=O) groups is 2. The predicted molar refractivity (Wildman–Crippen MR) is 99.6 cm³/mol. The molecule has 1 aromatic rings. The summed E-state index contributed by atoms with van der Waals surface area (Å²) in [4.78, 5) is 26.0. The molecule has 0 radical (unpaired) electrons. The molecule has 0 spiro atoms. The van der Waals surface area contributed by atoms with Crippen molar-refractivity contribution in [2.45, 2.75) is 20.3 Å². The van der Waals surface area contributed by atoms with E-state index in [1.54, 1.807) is 24.1 Å². The first-order chi connectivity index (χ1) is 11.3. The summed E-state index contributed by atoms with van der Waals surface area (Å²) in [6.07, 6.45) is 0.166. The first kappa shape index (κ1) is 20.5. The van der Waals surface area contributed by atoms with Crippen LogP contribution in [0.1, 0.15) is 30.6 Å². The number of esters is 1. The largest absolute Gasteiger partial charge is 0.493 e. The molecule has 1 aromatic carbocycles. The molecule has 0 aliphatic rings. The fraction of sp³-hybridized carbons (Fsp3) is 0.529. The highest BCUT2D eigenvalue weighted by atomic mass is 127. The smallest absolute Gasteiger partial charge is 0.307 e. The maximum absolute atomic E-state index is 12.9. The van der Waals surface area contributed by atoms with Gasteiger partial charge in [0.1, 0.15) is 0 Å². The second-order valence-electron chi connectivity index (χ2n) is 5.66. The van der Waals surface area contributed by atoms with Crippen molar-refractivity contribution in [3.05, 3.63) is 21.3 Å². The van der Waals surface area contributed by atoms with Crippen molar-refractivity contribution in [3.8, 4) is 11.5 Å². The molecule has 1 rings (SSSR count). The fourth-order valence-corrected chi connectivity index (χ4v) is 2.90. The highest BCUT2D eigenvalue weighted by Crippen LogP contribution is 2.32. The van der Waals surface area contributed by atoms with Gasteiger partial charge in [0.15, 0.2) is 11.5 Å². The Labute approximate surface area is 156 Å². The summed E-state index contributed by atoms with van der Waals surface area (Å²) in [5.74, 6) is 0.878. The number of ether oxygens (including phenoxy) is 3. The van der Waals surface area contributed by atoms with E-state index in [-0.39, 0.29) is 24.2 Å². The van der Waals surface area contributed by atoms with Crippen LogP contribution in [0.4, 0.5) is 0 Å². The minimum atomic E-state index is -0.335. The molecule has 0 bridgehead atoms. The van der Waals surface area contributed by atoms with Crippen molar-refractivity contribution in [1.29, 1.82) is 0 Å². The van der Waals surface area contributed by atoms with Crippen LogP contribution >= 0.6 is 22.6 Å². The number of amides is 1. The van der Waals surface area contributed by atoms with Gasteiger partial charge in [-0.15, -0.1) is 0 Å². The average molecular weight is 449 g/mol. The Kier molecular flexibility index (Phi) is 8.30. The van der Waals surface area contributed by atoms with Crippen LogP contribution in [0.3, 0.4) is 0 Å². The number of nitrogens with zero attached hydrogens (tertiary/aromatic N) is 1. The number of rotatable bonds is 8. The average Bonchev–Trinajstić information content (AvgIpc) is 2.56. The summed E-state index contributed by atoms with van der Waals surface area (Å²) in [5.41, 5.74) is 0.527. The van der Waals surface area contributed by atoms with E-state index in [4.69, 9.17) is 9.47 Å². The van der Waals surface area contributed by atoms with Gasteiger partial charge >= 0.3 is 5.97 Å². The molecule has 7 heteroatoms. The van der Waals surface area contributed by atoms with Gasteiger partial charge in [-0.2, -0.15) is 0 Å². The second kappa shape index (κ2) is 9.71. The quantitative estimate of drug-likeness (QED) is 0.451. The van der Waals surface area contributed by atoms with E-state index in [9.17, 15) is 9.59 Å². The number of benzene rings is 1. The van der Waals surface area contributed by atoms with Crippen molar-refractivity contribution >= 4 is 34.5 Å². The van der Waals surface area contributed by atoms with Crippen LogP contribution in [0, 0.1) is 9.49 Å². The van der Waals surface area contributed by atoms with Crippen LogP contribution in [0.25, 0.3) is 0 Å². The second-order valence-corrected chi connectivity index (χ2v) is 6.82. The summed E-state index contributed by atoms with van der Waals surface area (Å²) in [5, 5.41) is 0. The SMILES string of the molecule is COC(=O)CCN(CC(C)C)C(=O)c1cc(OC)c(OC)cc1I. The first-order valence-electron chi connectivity index (χ1n) is 7.61. The molecule has 6 nitrogen and oxygen atoms in total. The number of halogens is 1. The molecule has 0 aliphatic carbocycles. The van der Waals surface area contributed by atoms with Crippen LogP contribution in [0.5, 0.6) is 11.5 Å². The van der Waals surface area contributed by atoms with E-state index in [2.05, 4.69) is 27.3 Å². The fourth-order valence-electron chi connectivity index (χ4n) is 2.23. The lowest BCUT2D eigenvalue weighted by Crippen LogP contribution is -2.36. The van der Waals surface area contributed by atoms with Gasteiger partial charge in [-0.1, -0.05) is 13.8 Å². The van der Waals surface area contributed by atoms with E-state index >= 15 is 0 Å². The van der Waals surface area contributed by atoms with Crippen LogP contribution < -0.4 is 9.47 Å². The number of hydrogen-bond acceptors (Lipinski definition) is 5. The predicted octanol–water partition coefficient (Wildman–Crippen LogP) is 2.97. The first-order valence-corrected chi connectivity index (χ1v) is 8.69. The van der Waals surface area contributed by atoms with E-state index in [1.807, 2.05) is 13.8 Å². The number of methoxy groups -OCH3 is 3. The summed E-state index contributed by atoms with van der Waals surface area (Å²) in [6.45, 7) is 4.92. The van der Waals surface area contributed by atoms with Crippen molar-refractivity contribution in [2.75, 3.05) is 34.4 Å². The molecule has 0 atom stereocenters. The lowest BCUT2D eigenvalue weighted by Gasteiger charge is -2.25. The van der Waals surface area contributed by atoms with Crippen molar-refractivity contribution in [1.82, 2.24) is 4.90 Å². The molecular weight excluding hydrogens is 425 g/mol. The van der Waals surface area contributed by atoms with Gasteiger partial charge < -0.3 is 19.1 Å². The third-order valence-electron chi connectivity index (χ3n) is 3.39. The third-order valence-corrected chi connectivity index (χ3v) is 4.28. The molecule has 1 amide bonds. The molecule has 0 heterocycles. The lowest BCUT2D eigenvalue weighted by molar-refractivity contribution is -0.140. The third kappa shape index (κ3) is 5.54. The number of carbonyl (C=O) groups excluding carboxylic acids is 2. The number of hydrogen-bond donors (Lipinski definition) is 0. The topological polar surface area (TPSA) is 65.1 Å². The monoisotopic (exact) mass is 449 g/mol. The molecule has 0 N–H and O–H groups in total. The van der Waals surface area contributed by atoms with Gasteiger partial charge in [0.25, 0.3) is 5.91 Å². The molecule has 0 saturated carbocycles. The van der Waals surface area contributed by atoms with Crippen LogP contribution in [0.15, 0.2) is 12.1 Å². The zero-order chi connectivity index (χ0) is 18.3. The highest BCUT2D eigenvalue weighted by Gasteiger charge is 2.22. The Balaban J connectivity index is 3.10. The Morgan fingerprint density at radius 2 is 1.71 bits per heavy atom. The molecule has 134 valence electrons. The van der Waals surface area contributed by atoms with Crippen molar-refractivity contribution in [3.63, 3.8) is 0 Å². The van der Waals surface area contributed by atoms with Gasteiger partial charge in [0, 0.05) is 16.7 Å². The van der Waals surface area contributed by atoms with Crippen LogP contribution in [-0.2, 0) is 9.53 Å². The summed E-state index contributed by atoms with van der Waals surface area (Å²) < 4.78 is 16.0. The maximum atomic E-state index is 12.9. The Morgan fingerprint density at radius 1 is 1.12 bits per heavy atom. The molecule has 0 aromatic heterocycles. The van der Waals surface area contributed by atoms with Crippen LogP contribution in [0.2, 0.25) is 0 Å². The summed E-state index contributed by atoms with van der Waals surface area (Å²) >= 11 is 2.10. The molecule has 0 saturated heterocycles. The van der Waals surface area contributed by atoms with Gasteiger partial charge in [0.05, 0.1) is 33.3 Å². The van der Waals surface area contributed by atoms with Gasteiger partial charge in [-0.05, 0) is 40.6 Å². The zero-order valence-corrected chi connectivity index (χ0v) is 16.9. The van der Waals surface area contributed by atoms with E-state index in [0.717, 1.165) is 3.57 Å². The molecule has 0 fully saturated rings. The van der Waals surface area contributed by atoms with Gasteiger partial charge in [-0.25, -0.2) is 0 Å². The maximum Gasteiger partial charge on any atom is 0.307 e. The molecule has 0 unspecified atom stereocenters. The minimum absolute atomic E-state index is 0.141. The van der Waals surface area contributed by atoms with E-state index in [0.29, 0.717) is 30.2 Å². The Bertz CT molecular complexity index is 589. The minimum Gasteiger partial charge on any atom is -0.493 e. The van der Waals surface area contributed by atoms with E-state index in [1.165, 1.54) is 14.2 Å². The van der Waals surface area contributed by atoms with Gasteiger partial charge in [0.2, 0.25) is 0 Å². The van der Waals surface area contributed by atoms with Crippen LogP contribution in [-0.4, -0.2) is 51.2 Å². The van der Waals surface area contributed by atoms with Crippen molar-refractivity contribution < 1.29 is 23.8 Å². The summed E-state index contributed by atoms with van der Waals surface area (Å²) in [7, 11) is 4.42. The lowest BCUT2D eigenvalue weighted by atomic mass is 10.1. The molecular formula is C17H24INO5. The standard InChI is InChI=1S/C17H24INO5/c1-11(2)10-19(7-6-16(20)24-5)17(21)12-8-14(22-3)15(23-4)9-13(12)18/h8-9,11H,6-7,10H2,1-5H3. The molecule has 0 aliphatic heterocycles. The Hall–Kier alpha value is -1.51. The normalized spacial score (nSPS) is 10.5. The zero-order valence-electron chi connectivity index (χ0n) is 14.7. The molecule has 24 heavy (non-hydrogen) atoms. The van der Waals surface area contributed by atoms with Crippen molar-refractivity contribution in [2.24, 2.45) is 5.92 Å². The van der Waals surface area contributed by atoms with E-state index < -0.39 is 0 Å². The highest BCUT2D eigenvalue weighted by molar-refractivity contribution is 14.1. The summed E-state index contributed by atoms with van der Waals surface area (Å²) in [6, 6.07) is 3.44.